The van der Waals surface area contributed by atoms with Gasteiger partial charge in [-0.25, -0.2) is 4.79 Å². The molecule has 1 aliphatic rings. The molecule has 0 saturated carbocycles. The van der Waals surface area contributed by atoms with Crippen molar-refractivity contribution in [1.29, 1.82) is 0 Å². The first-order valence-corrected chi connectivity index (χ1v) is 13.1. The predicted octanol–water partition coefficient (Wildman–Crippen LogP) is -8.65. The maximum Gasteiger partial charge on any atom is 0.338 e. The maximum absolute atomic E-state index is 13.6. The predicted molar refractivity (Wildman–Crippen MR) is 159 cm³/mol. The summed E-state index contributed by atoms with van der Waals surface area (Å²) in [7, 11) is 8.40. The number of carbonyl (C=O) groups is 2. The number of benzene rings is 2. The molecule has 8 nitrogen and oxygen atoms in total. The van der Waals surface area contributed by atoms with Crippen molar-refractivity contribution in [2.45, 2.75) is 17.6 Å². The molecular weight excluding hydrogens is 474 g/mol. The molecule has 16 heteroatoms. The van der Waals surface area contributed by atoms with Crippen molar-refractivity contribution in [3.8, 4) is 0 Å². The fourth-order valence-corrected chi connectivity index (χ4v) is 5.67. The molecule has 1 atom stereocenters. The molecule has 2 N–H and O–H groups in total. The molecule has 0 aromatic heterocycles. The number of hydrogen-bond acceptors (Lipinski definition) is 8. The Bertz CT molecular complexity index is 1360. The van der Waals surface area contributed by atoms with E-state index in [1.54, 1.807) is 22.6 Å². The van der Waals surface area contributed by atoms with Crippen molar-refractivity contribution >= 4 is 104 Å². The lowest BCUT2D eigenvalue weighted by Gasteiger charge is -2.32. The molecule has 0 aliphatic carbocycles. The molecule has 36 heavy (non-hydrogen) atoms. The summed E-state index contributed by atoms with van der Waals surface area (Å²) >= 11 is 0. The van der Waals surface area contributed by atoms with Crippen LogP contribution in [0.2, 0.25) is 0 Å². The summed E-state index contributed by atoms with van der Waals surface area (Å²) in [6.45, 7) is 1.93. The molecule has 0 spiro atoms. The summed E-state index contributed by atoms with van der Waals surface area (Å²) in [6.07, 6.45) is -1.19. The second-order valence-corrected chi connectivity index (χ2v) is 11.5. The van der Waals surface area contributed by atoms with Gasteiger partial charge in [-0.2, -0.15) is 8.42 Å². The highest BCUT2D eigenvalue weighted by Crippen LogP contribution is 2.34. The lowest BCUT2D eigenvalue weighted by molar-refractivity contribution is -0.123. The Morgan fingerprint density at radius 1 is 1.00 bits per heavy atom. The van der Waals surface area contributed by atoms with E-state index in [0.29, 0.717) is 16.7 Å². The third kappa shape index (κ3) is 4.63. The van der Waals surface area contributed by atoms with Gasteiger partial charge in [0.05, 0.1) is 16.7 Å². The average molecular weight is 500 g/mol. The first kappa shape index (κ1) is 27.7. The fourth-order valence-electron chi connectivity index (χ4n) is 4.53. The van der Waals surface area contributed by atoms with E-state index in [0.717, 1.165) is 27.3 Å². The van der Waals surface area contributed by atoms with Crippen LogP contribution in [0.4, 0.5) is 0 Å². The summed E-state index contributed by atoms with van der Waals surface area (Å²) in [5.41, 5.74) is 12.0. The quantitative estimate of drug-likeness (QED) is 0.226. The number of rotatable bonds is 7. The van der Waals surface area contributed by atoms with E-state index < -0.39 is 44.2 Å². The average Bonchev–Trinajstić information content (AvgIpc) is 3.09. The van der Waals surface area contributed by atoms with Crippen LogP contribution in [-0.4, -0.2) is 81.7 Å². The zero-order valence-electron chi connectivity index (χ0n) is 21.9. The van der Waals surface area contributed by atoms with E-state index in [9.17, 15) is 18.0 Å². The molecule has 2 aromatic rings. The number of hydrogen-bond donors (Lipinski definition) is 1. The lowest BCUT2D eigenvalue weighted by Crippen LogP contribution is -2.60. The standard InChI is InChI=1S/C20H26B7NO7S/c1-2-33-19(30)8-5-3-7(4-6-8)16-15(29)17(18(28)34-16)35-36(31,32)20(26,27)9-10(21)12(23)14(25)13(24)11(9)22/h3-6,16H,2,21-28H2,1H3. The van der Waals surface area contributed by atoms with Gasteiger partial charge in [-0.05, 0) is 19.1 Å². The fraction of sp³-hybridized carbons (Fsp3) is 0.200. The maximum atomic E-state index is 13.6. The van der Waals surface area contributed by atoms with Crippen molar-refractivity contribution in [3.05, 3.63) is 52.6 Å². The summed E-state index contributed by atoms with van der Waals surface area (Å²) in [5.74, 6) is -2.19. The van der Waals surface area contributed by atoms with Crippen molar-refractivity contribution in [3.63, 3.8) is 0 Å². The Hall–Kier alpha value is -2.88. The van der Waals surface area contributed by atoms with Crippen LogP contribution in [-0.2, 0) is 33.1 Å². The minimum absolute atomic E-state index is 0.234. The van der Waals surface area contributed by atoms with Gasteiger partial charge in [0.25, 0.3) is 0 Å². The Kier molecular flexibility index (Phi) is 7.60. The number of nitrogens with two attached hydrogens (primary N) is 1. The van der Waals surface area contributed by atoms with Crippen molar-refractivity contribution in [1.82, 2.24) is 0 Å². The molecule has 1 aliphatic heterocycles. The van der Waals surface area contributed by atoms with Crippen LogP contribution < -0.4 is 33.0 Å². The van der Waals surface area contributed by atoms with Gasteiger partial charge < -0.3 is 19.4 Å². The number of carbonyl (C=O) groups excluding carboxylic acids is 2. The molecule has 0 bridgehead atoms. The molecule has 3 rings (SSSR count). The molecule has 1 unspecified atom stereocenters. The highest BCUT2D eigenvalue weighted by molar-refractivity contribution is 7.90. The van der Waals surface area contributed by atoms with E-state index in [4.69, 9.17) is 19.4 Å². The van der Waals surface area contributed by atoms with E-state index in [-0.39, 0.29) is 6.61 Å². The Balaban J connectivity index is 1.92. The zero-order valence-corrected chi connectivity index (χ0v) is 22.8. The molecule has 0 saturated heterocycles. The normalized spacial score (nSPS) is 16.0. The minimum atomic E-state index is -4.38. The van der Waals surface area contributed by atoms with Crippen LogP contribution in [0.1, 0.15) is 34.5 Å². The van der Waals surface area contributed by atoms with Crippen LogP contribution in [0.3, 0.4) is 0 Å². The van der Waals surface area contributed by atoms with Gasteiger partial charge in [0.2, 0.25) is 17.4 Å². The zero-order chi connectivity index (χ0) is 27.2. The van der Waals surface area contributed by atoms with E-state index in [1.807, 2.05) is 39.2 Å². The van der Waals surface area contributed by atoms with E-state index in [1.165, 1.54) is 24.3 Å². The highest BCUT2D eigenvalue weighted by atomic mass is 32.2. The minimum Gasteiger partial charge on any atom is -0.462 e. The van der Waals surface area contributed by atoms with E-state index in [2.05, 4.69) is 0 Å². The van der Waals surface area contributed by atoms with Crippen LogP contribution in [0.15, 0.2) is 35.9 Å². The summed E-state index contributed by atoms with van der Waals surface area (Å²) in [4.78, 5) is 25.0. The highest BCUT2D eigenvalue weighted by Gasteiger charge is 2.45. The smallest absolute Gasteiger partial charge is 0.338 e. The van der Waals surface area contributed by atoms with Crippen LogP contribution in [0, 0.1) is 0 Å². The molecule has 0 fully saturated rings. The first-order valence-electron chi connectivity index (χ1n) is 11.6. The SMILES string of the molecule is Bc1c(B)c(B)c(C(B)(B)S(=O)(=O)OC2=C(N)OC(c3ccc(C(=O)OCC)cc3)C2=O)c(B)c1B. The Labute approximate surface area is 218 Å². The molecular formula is C20H26B7NO7S. The van der Waals surface area contributed by atoms with Gasteiger partial charge in [-0.15, -0.1) is 16.4 Å². The van der Waals surface area contributed by atoms with Gasteiger partial charge in [-0.1, -0.05) is 28.6 Å². The van der Waals surface area contributed by atoms with Crippen molar-refractivity contribution < 1.29 is 31.7 Å². The number of esters is 1. The van der Waals surface area contributed by atoms with Crippen LogP contribution >= 0.6 is 0 Å². The largest absolute Gasteiger partial charge is 0.462 e. The molecule has 180 valence electrons. The molecule has 2 aromatic carbocycles. The van der Waals surface area contributed by atoms with Gasteiger partial charge >= 0.3 is 16.1 Å². The van der Waals surface area contributed by atoms with Crippen molar-refractivity contribution in [2.75, 3.05) is 6.61 Å². The van der Waals surface area contributed by atoms with Crippen LogP contribution in [0.25, 0.3) is 0 Å². The van der Waals surface area contributed by atoms with Gasteiger partial charge in [0, 0.05) is 5.56 Å². The van der Waals surface area contributed by atoms with Gasteiger partial charge in [0.15, 0.2) is 6.10 Å². The van der Waals surface area contributed by atoms with Gasteiger partial charge in [0.1, 0.15) is 54.9 Å². The van der Waals surface area contributed by atoms with Crippen molar-refractivity contribution in [2.24, 2.45) is 5.73 Å². The lowest BCUT2D eigenvalue weighted by atomic mass is 9.53. The topological polar surface area (TPSA) is 122 Å². The van der Waals surface area contributed by atoms with Crippen LogP contribution in [0.5, 0.6) is 0 Å². The molecule has 0 radical (unpaired) electrons. The number of ether oxygens (including phenoxy) is 2. The first-order chi connectivity index (χ1) is 16.7. The molecule has 0 amide bonds. The monoisotopic (exact) mass is 501 g/mol. The Morgan fingerprint density at radius 2 is 1.50 bits per heavy atom. The number of Topliss-reactive ketones (excluding diaryl/α,β-unsaturated/α-hetero) is 1. The molecule has 1 heterocycles. The van der Waals surface area contributed by atoms with Gasteiger partial charge in [-0.3, -0.25) is 4.79 Å². The van der Waals surface area contributed by atoms with E-state index >= 15 is 0 Å². The summed E-state index contributed by atoms with van der Waals surface area (Å²) in [5, 5.41) is 0. The second kappa shape index (κ2) is 9.88. The second-order valence-electron chi connectivity index (χ2n) is 9.45. The third-order valence-electron chi connectivity index (χ3n) is 7.08. The Morgan fingerprint density at radius 3 is 2.00 bits per heavy atom. The number of ketones is 1. The third-order valence-corrected chi connectivity index (χ3v) is 8.92. The summed E-state index contributed by atoms with van der Waals surface area (Å²) in [6, 6.07) is 6.03. The summed E-state index contributed by atoms with van der Waals surface area (Å²) < 4.78 is 41.5.